The van der Waals surface area contributed by atoms with Crippen molar-refractivity contribution < 1.29 is 5.11 Å². The predicted octanol–water partition coefficient (Wildman–Crippen LogP) is 3.17. The molecule has 0 aromatic heterocycles. The third-order valence-electron chi connectivity index (χ3n) is 3.89. The van der Waals surface area contributed by atoms with Gasteiger partial charge in [0, 0.05) is 18.8 Å². The van der Waals surface area contributed by atoms with Gasteiger partial charge in [-0.2, -0.15) is 0 Å². The van der Waals surface area contributed by atoms with Crippen LogP contribution in [0.5, 0.6) is 0 Å². The Morgan fingerprint density at radius 3 is 2.53 bits per heavy atom. The highest BCUT2D eigenvalue weighted by atomic mass is 16.3. The van der Waals surface area contributed by atoms with Gasteiger partial charge in [0.25, 0.3) is 0 Å². The quantitative estimate of drug-likeness (QED) is 0.904. The highest BCUT2D eigenvalue weighted by Crippen LogP contribution is 2.36. The Morgan fingerprint density at radius 1 is 1.00 bits per heavy atom. The monoisotopic (exact) mass is 253 g/mol. The van der Waals surface area contributed by atoms with Gasteiger partial charge in [0.15, 0.2) is 0 Å². The van der Waals surface area contributed by atoms with E-state index in [1.54, 1.807) is 0 Å². The first kappa shape index (κ1) is 12.2. The molecule has 0 aliphatic carbocycles. The van der Waals surface area contributed by atoms with Gasteiger partial charge in [0.2, 0.25) is 0 Å². The van der Waals surface area contributed by atoms with Crippen LogP contribution in [0.3, 0.4) is 0 Å². The van der Waals surface area contributed by atoms with Gasteiger partial charge in [-0.3, -0.25) is 0 Å². The molecule has 0 radical (unpaired) electrons. The van der Waals surface area contributed by atoms with Gasteiger partial charge in [0.05, 0.1) is 6.04 Å². The van der Waals surface area contributed by atoms with Gasteiger partial charge in [-0.15, -0.1) is 0 Å². The minimum absolute atomic E-state index is 0.220. The third kappa shape index (κ3) is 2.36. The Kier molecular flexibility index (Phi) is 3.51. The summed E-state index contributed by atoms with van der Waals surface area (Å²) < 4.78 is 0. The molecule has 1 unspecified atom stereocenters. The van der Waals surface area contributed by atoms with Crippen LogP contribution in [0.4, 0.5) is 5.69 Å². The molecule has 0 amide bonds. The lowest BCUT2D eigenvalue weighted by Gasteiger charge is -2.30. The van der Waals surface area contributed by atoms with Crippen molar-refractivity contribution >= 4 is 5.69 Å². The summed E-state index contributed by atoms with van der Waals surface area (Å²) in [6.07, 6.45) is 1.88. The van der Waals surface area contributed by atoms with Gasteiger partial charge in [-0.05, 0) is 30.0 Å². The molecule has 1 heterocycles. The first-order valence-electron chi connectivity index (χ1n) is 6.90. The zero-order valence-electron chi connectivity index (χ0n) is 11.0. The molecule has 2 aromatic rings. The minimum atomic E-state index is 0.220. The molecular formula is C17H19NO. The number of para-hydroxylation sites is 1. The fourth-order valence-corrected chi connectivity index (χ4v) is 2.99. The molecule has 2 heteroatoms. The SMILES string of the molecule is OCCC(c1ccccc1)N1CCc2ccccc21. The second kappa shape index (κ2) is 5.45. The topological polar surface area (TPSA) is 23.5 Å². The minimum Gasteiger partial charge on any atom is -0.396 e. The molecular weight excluding hydrogens is 234 g/mol. The molecule has 1 N–H and O–H groups in total. The van der Waals surface area contributed by atoms with E-state index in [4.69, 9.17) is 0 Å². The Bertz CT molecular complexity index is 538. The van der Waals surface area contributed by atoms with E-state index in [-0.39, 0.29) is 12.6 Å². The van der Waals surface area contributed by atoms with Crippen LogP contribution < -0.4 is 4.90 Å². The van der Waals surface area contributed by atoms with Crippen LogP contribution in [-0.4, -0.2) is 18.3 Å². The summed E-state index contributed by atoms with van der Waals surface area (Å²) in [6.45, 7) is 1.26. The lowest BCUT2D eigenvalue weighted by atomic mass is 10.0. The number of benzene rings is 2. The van der Waals surface area contributed by atoms with Crippen molar-refractivity contribution in [1.29, 1.82) is 0 Å². The van der Waals surface area contributed by atoms with Gasteiger partial charge >= 0.3 is 0 Å². The van der Waals surface area contributed by atoms with Crippen LogP contribution >= 0.6 is 0 Å². The van der Waals surface area contributed by atoms with E-state index >= 15 is 0 Å². The van der Waals surface area contributed by atoms with Crippen LogP contribution in [-0.2, 0) is 6.42 Å². The lowest BCUT2D eigenvalue weighted by molar-refractivity contribution is 0.274. The van der Waals surface area contributed by atoms with Crippen LogP contribution in [0.2, 0.25) is 0 Å². The first-order chi connectivity index (χ1) is 9.40. The van der Waals surface area contributed by atoms with Crippen LogP contribution in [0.15, 0.2) is 54.6 Å². The molecule has 2 nitrogen and oxygen atoms in total. The molecule has 19 heavy (non-hydrogen) atoms. The molecule has 98 valence electrons. The maximum absolute atomic E-state index is 9.38. The normalized spacial score (nSPS) is 15.3. The van der Waals surface area contributed by atoms with E-state index in [2.05, 4.69) is 53.4 Å². The number of hydrogen-bond acceptors (Lipinski definition) is 2. The Hall–Kier alpha value is -1.80. The van der Waals surface area contributed by atoms with Crippen LogP contribution in [0, 0.1) is 0 Å². The number of hydrogen-bond donors (Lipinski definition) is 1. The summed E-state index contributed by atoms with van der Waals surface area (Å²) >= 11 is 0. The zero-order valence-corrected chi connectivity index (χ0v) is 11.0. The zero-order chi connectivity index (χ0) is 13.1. The molecule has 3 rings (SSSR count). The second-order valence-electron chi connectivity index (χ2n) is 5.01. The van der Waals surface area contributed by atoms with Crippen molar-refractivity contribution in [2.45, 2.75) is 18.9 Å². The largest absolute Gasteiger partial charge is 0.396 e. The van der Waals surface area contributed by atoms with Crippen molar-refractivity contribution in [3.63, 3.8) is 0 Å². The predicted molar refractivity (Wildman–Crippen MR) is 78.4 cm³/mol. The van der Waals surface area contributed by atoms with Gasteiger partial charge in [0.1, 0.15) is 0 Å². The number of rotatable bonds is 4. The number of aliphatic hydroxyl groups excluding tert-OH is 1. The Balaban J connectivity index is 1.94. The average molecular weight is 253 g/mol. The molecule has 0 bridgehead atoms. The maximum Gasteiger partial charge on any atom is 0.0564 e. The van der Waals surface area contributed by atoms with Crippen LogP contribution in [0.25, 0.3) is 0 Å². The lowest BCUT2D eigenvalue weighted by Crippen LogP contribution is -2.27. The number of anilines is 1. The van der Waals surface area contributed by atoms with E-state index in [9.17, 15) is 5.11 Å². The number of fused-ring (bicyclic) bond motifs is 1. The highest BCUT2D eigenvalue weighted by molar-refractivity contribution is 5.59. The molecule has 0 fully saturated rings. The Labute approximate surface area is 114 Å². The van der Waals surface area contributed by atoms with Crippen molar-refractivity contribution in [1.82, 2.24) is 0 Å². The first-order valence-corrected chi connectivity index (χ1v) is 6.90. The van der Waals surface area contributed by atoms with Crippen molar-refractivity contribution in [2.24, 2.45) is 0 Å². The fraction of sp³-hybridized carbons (Fsp3) is 0.294. The molecule has 2 aromatic carbocycles. The van der Waals surface area contributed by atoms with E-state index in [0.29, 0.717) is 0 Å². The average Bonchev–Trinajstić information content (AvgIpc) is 2.89. The molecule has 1 aliphatic heterocycles. The van der Waals surface area contributed by atoms with E-state index in [0.717, 1.165) is 19.4 Å². The Morgan fingerprint density at radius 2 is 1.74 bits per heavy atom. The van der Waals surface area contributed by atoms with Gasteiger partial charge in [-0.1, -0.05) is 48.5 Å². The summed E-state index contributed by atoms with van der Waals surface area (Å²) in [4.78, 5) is 2.43. The smallest absolute Gasteiger partial charge is 0.0564 e. The fourth-order valence-electron chi connectivity index (χ4n) is 2.99. The third-order valence-corrected chi connectivity index (χ3v) is 3.89. The van der Waals surface area contributed by atoms with Crippen molar-refractivity contribution in [3.8, 4) is 0 Å². The van der Waals surface area contributed by atoms with Crippen LogP contribution in [0.1, 0.15) is 23.6 Å². The number of aliphatic hydroxyl groups is 1. The summed E-state index contributed by atoms with van der Waals surface area (Å²) in [5.74, 6) is 0. The van der Waals surface area contributed by atoms with Crippen molar-refractivity contribution in [2.75, 3.05) is 18.1 Å². The standard InChI is InChI=1S/C17H19NO/c19-13-11-17(14-6-2-1-3-7-14)18-12-10-15-8-4-5-9-16(15)18/h1-9,17,19H,10-13H2. The molecule has 1 atom stereocenters. The van der Waals surface area contributed by atoms with Crippen molar-refractivity contribution in [3.05, 3.63) is 65.7 Å². The summed E-state index contributed by atoms with van der Waals surface area (Å²) in [5, 5.41) is 9.38. The van der Waals surface area contributed by atoms with E-state index < -0.39 is 0 Å². The highest BCUT2D eigenvalue weighted by Gasteiger charge is 2.26. The summed E-state index contributed by atoms with van der Waals surface area (Å²) in [7, 11) is 0. The summed E-state index contributed by atoms with van der Waals surface area (Å²) in [6, 6.07) is 19.4. The van der Waals surface area contributed by atoms with E-state index in [1.807, 2.05) is 6.07 Å². The van der Waals surface area contributed by atoms with Gasteiger partial charge < -0.3 is 10.0 Å². The summed E-state index contributed by atoms with van der Waals surface area (Å²) in [5.41, 5.74) is 4.03. The molecule has 1 aliphatic rings. The van der Waals surface area contributed by atoms with Gasteiger partial charge in [-0.25, -0.2) is 0 Å². The second-order valence-corrected chi connectivity index (χ2v) is 5.01. The number of nitrogens with zero attached hydrogens (tertiary/aromatic N) is 1. The molecule has 0 saturated heterocycles. The van der Waals surface area contributed by atoms with E-state index in [1.165, 1.54) is 16.8 Å². The molecule has 0 saturated carbocycles. The molecule has 0 spiro atoms. The maximum atomic E-state index is 9.38.